The zero-order chi connectivity index (χ0) is 11.2. The maximum absolute atomic E-state index is 11.4. The van der Waals surface area contributed by atoms with Gasteiger partial charge in [0.25, 0.3) is 0 Å². The molecule has 0 unspecified atom stereocenters. The van der Waals surface area contributed by atoms with Gasteiger partial charge in [-0.15, -0.1) is 0 Å². The average Bonchev–Trinajstić information content (AvgIpc) is 2.01. The Morgan fingerprint density at radius 3 is 2.50 bits per heavy atom. The standard InChI is InChI=1S/C10H22N2O2/c1-5-6-7-11-9(13)12(4)8-10(2,3)14/h14H,5-8H2,1-4H3,(H,11,13). The number of carbonyl (C=O) groups is 1. The van der Waals surface area contributed by atoms with Gasteiger partial charge in [0, 0.05) is 13.6 Å². The van der Waals surface area contributed by atoms with E-state index in [1.807, 2.05) is 0 Å². The number of urea groups is 1. The van der Waals surface area contributed by atoms with Gasteiger partial charge in [0.1, 0.15) is 0 Å². The van der Waals surface area contributed by atoms with Crippen molar-refractivity contribution in [3.05, 3.63) is 0 Å². The molecule has 0 bridgehead atoms. The molecule has 14 heavy (non-hydrogen) atoms. The van der Waals surface area contributed by atoms with Crippen LogP contribution in [0.2, 0.25) is 0 Å². The summed E-state index contributed by atoms with van der Waals surface area (Å²) < 4.78 is 0. The van der Waals surface area contributed by atoms with Gasteiger partial charge in [-0.2, -0.15) is 0 Å². The molecule has 0 saturated carbocycles. The number of unbranched alkanes of at least 4 members (excludes halogenated alkanes) is 1. The second kappa shape index (κ2) is 5.86. The molecule has 0 rings (SSSR count). The predicted octanol–water partition coefficient (Wildman–Crippen LogP) is 1.20. The van der Waals surface area contributed by atoms with Crippen LogP contribution in [0.15, 0.2) is 0 Å². The number of aliphatic hydroxyl groups is 1. The van der Waals surface area contributed by atoms with Crippen molar-refractivity contribution in [3.8, 4) is 0 Å². The molecule has 0 fully saturated rings. The second-order valence-corrected chi connectivity index (χ2v) is 4.25. The summed E-state index contributed by atoms with van der Waals surface area (Å²) >= 11 is 0. The molecule has 0 aliphatic carbocycles. The van der Waals surface area contributed by atoms with Crippen LogP contribution in [-0.4, -0.2) is 41.8 Å². The zero-order valence-electron chi connectivity index (χ0n) is 9.63. The summed E-state index contributed by atoms with van der Waals surface area (Å²) in [7, 11) is 1.68. The van der Waals surface area contributed by atoms with Crippen molar-refractivity contribution in [2.75, 3.05) is 20.1 Å². The Balaban J connectivity index is 3.77. The maximum Gasteiger partial charge on any atom is 0.317 e. The maximum atomic E-state index is 11.4. The number of nitrogens with one attached hydrogen (secondary N) is 1. The summed E-state index contributed by atoms with van der Waals surface area (Å²) in [6.07, 6.45) is 2.05. The minimum absolute atomic E-state index is 0.124. The molecule has 0 aromatic heterocycles. The molecule has 4 heteroatoms. The lowest BCUT2D eigenvalue weighted by Crippen LogP contribution is -2.44. The van der Waals surface area contributed by atoms with Crippen molar-refractivity contribution in [2.24, 2.45) is 0 Å². The third-order valence-corrected chi connectivity index (χ3v) is 1.78. The minimum atomic E-state index is -0.836. The van der Waals surface area contributed by atoms with E-state index in [0.29, 0.717) is 13.1 Å². The van der Waals surface area contributed by atoms with E-state index in [1.165, 1.54) is 4.90 Å². The fourth-order valence-corrected chi connectivity index (χ4v) is 1.16. The number of nitrogens with zero attached hydrogens (tertiary/aromatic N) is 1. The number of hydrogen-bond acceptors (Lipinski definition) is 2. The molecule has 0 atom stereocenters. The summed E-state index contributed by atoms with van der Waals surface area (Å²) in [6.45, 7) is 6.48. The van der Waals surface area contributed by atoms with Crippen LogP contribution in [0.1, 0.15) is 33.6 Å². The molecule has 2 N–H and O–H groups in total. The van der Waals surface area contributed by atoms with Gasteiger partial charge in [-0.25, -0.2) is 4.79 Å². The lowest BCUT2D eigenvalue weighted by atomic mass is 10.1. The fourth-order valence-electron chi connectivity index (χ4n) is 1.16. The van der Waals surface area contributed by atoms with Crippen LogP contribution in [0.25, 0.3) is 0 Å². The molecule has 2 amide bonds. The summed E-state index contributed by atoms with van der Waals surface area (Å²) in [5.74, 6) is 0. The first kappa shape index (κ1) is 13.2. The molecule has 0 spiro atoms. The van der Waals surface area contributed by atoms with Crippen molar-refractivity contribution in [3.63, 3.8) is 0 Å². The Morgan fingerprint density at radius 1 is 1.50 bits per heavy atom. The zero-order valence-corrected chi connectivity index (χ0v) is 9.63. The van der Waals surface area contributed by atoms with Crippen molar-refractivity contribution in [2.45, 2.75) is 39.2 Å². The molecule has 0 aliphatic rings. The summed E-state index contributed by atoms with van der Waals surface area (Å²) in [5.41, 5.74) is -0.836. The average molecular weight is 202 g/mol. The molecular weight excluding hydrogens is 180 g/mol. The highest BCUT2D eigenvalue weighted by molar-refractivity contribution is 5.73. The monoisotopic (exact) mass is 202 g/mol. The van der Waals surface area contributed by atoms with Gasteiger partial charge in [0.15, 0.2) is 0 Å². The van der Waals surface area contributed by atoms with Gasteiger partial charge >= 0.3 is 6.03 Å². The summed E-state index contributed by atoms with van der Waals surface area (Å²) in [4.78, 5) is 12.9. The van der Waals surface area contributed by atoms with Crippen LogP contribution in [0.4, 0.5) is 4.79 Å². The first-order chi connectivity index (χ1) is 6.37. The van der Waals surface area contributed by atoms with Crippen LogP contribution in [-0.2, 0) is 0 Å². The van der Waals surface area contributed by atoms with E-state index in [2.05, 4.69) is 12.2 Å². The molecular formula is C10H22N2O2. The number of amides is 2. The molecule has 0 saturated heterocycles. The third-order valence-electron chi connectivity index (χ3n) is 1.78. The van der Waals surface area contributed by atoms with Crippen molar-refractivity contribution in [1.82, 2.24) is 10.2 Å². The van der Waals surface area contributed by atoms with Crippen LogP contribution in [0, 0.1) is 0 Å². The first-order valence-electron chi connectivity index (χ1n) is 5.08. The second-order valence-electron chi connectivity index (χ2n) is 4.25. The van der Waals surface area contributed by atoms with Gasteiger partial charge in [0.2, 0.25) is 0 Å². The predicted molar refractivity (Wildman–Crippen MR) is 57.2 cm³/mol. The molecule has 84 valence electrons. The van der Waals surface area contributed by atoms with E-state index in [-0.39, 0.29) is 6.03 Å². The Morgan fingerprint density at radius 2 is 2.07 bits per heavy atom. The van der Waals surface area contributed by atoms with E-state index >= 15 is 0 Å². The summed E-state index contributed by atoms with van der Waals surface area (Å²) in [5, 5.41) is 12.3. The molecule has 0 aliphatic heterocycles. The van der Waals surface area contributed by atoms with Crippen LogP contribution < -0.4 is 5.32 Å². The van der Waals surface area contributed by atoms with Crippen molar-refractivity contribution >= 4 is 6.03 Å². The Kier molecular flexibility index (Phi) is 5.53. The smallest absolute Gasteiger partial charge is 0.317 e. The van der Waals surface area contributed by atoms with Gasteiger partial charge in [0.05, 0.1) is 12.1 Å². The Labute approximate surface area is 86.3 Å². The first-order valence-corrected chi connectivity index (χ1v) is 5.08. The van der Waals surface area contributed by atoms with Crippen LogP contribution in [0.5, 0.6) is 0 Å². The highest BCUT2D eigenvalue weighted by Gasteiger charge is 2.18. The van der Waals surface area contributed by atoms with Crippen LogP contribution in [0.3, 0.4) is 0 Å². The van der Waals surface area contributed by atoms with E-state index < -0.39 is 5.60 Å². The van der Waals surface area contributed by atoms with E-state index in [9.17, 15) is 9.90 Å². The highest BCUT2D eigenvalue weighted by atomic mass is 16.3. The van der Waals surface area contributed by atoms with E-state index in [4.69, 9.17) is 0 Å². The van der Waals surface area contributed by atoms with Crippen LogP contribution >= 0.6 is 0 Å². The quantitative estimate of drug-likeness (QED) is 0.658. The SMILES string of the molecule is CCCCNC(=O)N(C)CC(C)(C)O. The van der Waals surface area contributed by atoms with E-state index in [0.717, 1.165) is 12.8 Å². The molecule has 0 aromatic carbocycles. The molecule has 0 radical (unpaired) electrons. The van der Waals surface area contributed by atoms with Crippen molar-refractivity contribution in [1.29, 1.82) is 0 Å². The molecule has 0 aromatic rings. The third kappa shape index (κ3) is 6.71. The number of carbonyl (C=O) groups excluding carboxylic acids is 1. The topological polar surface area (TPSA) is 52.6 Å². The van der Waals surface area contributed by atoms with Crippen molar-refractivity contribution < 1.29 is 9.90 Å². The largest absolute Gasteiger partial charge is 0.389 e. The van der Waals surface area contributed by atoms with E-state index in [1.54, 1.807) is 20.9 Å². The van der Waals surface area contributed by atoms with Gasteiger partial charge in [-0.3, -0.25) is 0 Å². The lowest BCUT2D eigenvalue weighted by molar-refractivity contribution is 0.0532. The van der Waals surface area contributed by atoms with Gasteiger partial charge < -0.3 is 15.3 Å². The van der Waals surface area contributed by atoms with Gasteiger partial charge in [-0.1, -0.05) is 13.3 Å². The fraction of sp³-hybridized carbons (Fsp3) is 0.900. The Hall–Kier alpha value is -0.770. The molecule has 4 nitrogen and oxygen atoms in total. The van der Waals surface area contributed by atoms with Gasteiger partial charge in [-0.05, 0) is 20.3 Å². The molecule has 0 heterocycles. The number of likely N-dealkylation sites (N-methyl/N-ethyl adjacent to an activating group) is 1. The normalized spacial score (nSPS) is 11.2. The minimum Gasteiger partial charge on any atom is -0.389 e. The highest BCUT2D eigenvalue weighted by Crippen LogP contribution is 2.02. The summed E-state index contributed by atoms with van der Waals surface area (Å²) in [6, 6.07) is -0.124. The lowest BCUT2D eigenvalue weighted by Gasteiger charge is -2.25. The Bertz CT molecular complexity index is 175. The number of hydrogen-bond donors (Lipinski definition) is 2. The number of rotatable bonds is 5.